The summed E-state index contributed by atoms with van der Waals surface area (Å²) in [6.45, 7) is 0. The normalized spacial score (nSPS) is 11.0. The fraction of sp³-hybridized carbons (Fsp3) is 0. The Balaban J connectivity index is 1.67. The van der Waals surface area contributed by atoms with Crippen molar-refractivity contribution >= 4 is 11.6 Å². The molecule has 0 bridgehead atoms. The van der Waals surface area contributed by atoms with Gasteiger partial charge in [0.25, 0.3) is 0 Å². The van der Waals surface area contributed by atoms with Crippen molar-refractivity contribution in [3.63, 3.8) is 0 Å². The Kier molecular flexibility index (Phi) is 4.52. The Hall–Kier alpha value is -4.32. The predicted molar refractivity (Wildman–Crippen MR) is 116 cm³/mol. The number of aromatic nitrogens is 3. The molecule has 0 aliphatic carbocycles. The number of rotatable bonds is 4. The molecule has 0 unspecified atom stereocenters. The van der Waals surface area contributed by atoms with Gasteiger partial charge in [0.05, 0.1) is 11.4 Å². The van der Waals surface area contributed by atoms with Crippen molar-refractivity contribution in [1.29, 1.82) is 0 Å². The highest BCUT2D eigenvalue weighted by atomic mass is 19.1. The molecule has 31 heavy (non-hydrogen) atoms. The highest BCUT2D eigenvalue weighted by molar-refractivity contribution is 5.87. The topological polar surface area (TPSA) is 67.5 Å². The number of aromatic carboxylic acids is 1. The molecule has 0 aliphatic rings. The van der Waals surface area contributed by atoms with E-state index in [0.717, 1.165) is 22.3 Å². The van der Waals surface area contributed by atoms with Gasteiger partial charge in [0.2, 0.25) is 0 Å². The first-order valence-corrected chi connectivity index (χ1v) is 9.64. The van der Waals surface area contributed by atoms with Crippen LogP contribution < -0.4 is 0 Å². The molecular formula is C25H16FN3O2. The lowest BCUT2D eigenvalue weighted by Gasteiger charge is -2.10. The van der Waals surface area contributed by atoms with Gasteiger partial charge >= 0.3 is 5.97 Å². The van der Waals surface area contributed by atoms with E-state index in [-0.39, 0.29) is 11.5 Å². The Morgan fingerprint density at radius 3 is 2.06 bits per heavy atom. The van der Waals surface area contributed by atoms with E-state index in [4.69, 9.17) is 0 Å². The highest BCUT2D eigenvalue weighted by Crippen LogP contribution is 2.29. The molecule has 2 aromatic heterocycles. The molecule has 0 radical (unpaired) electrons. The zero-order chi connectivity index (χ0) is 21.4. The van der Waals surface area contributed by atoms with Gasteiger partial charge in [-0.1, -0.05) is 54.6 Å². The van der Waals surface area contributed by atoms with Gasteiger partial charge in [-0.2, -0.15) is 5.10 Å². The zero-order valence-corrected chi connectivity index (χ0v) is 16.2. The van der Waals surface area contributed by atoms with E-state index in [9.17, 15) is 14.3 Å². The molecule has 0 aliphatic heterocycles. The number of halogens is 1. The largest absolute Gasteiger partial charge is 0.476 e. The summed E-state index contributed by atoms with van der Waals surface area (Å²) in [6.07, 6.45) is 0. The molecule has 0 atom stereocenters. The third-order valence-corrected chi connectivity index (χ3v) is 5.07. The summed E-state index contributed by atoms with van der Waals surface area (Å²) in [6, 6.07) is 27.3. The number of carbonyl (C=O) groups is 1. The lowest BCUT2D eigenvalue weighted by atomic mass is 10.0. The zero-order valence-electron chi connectivity index (χ0n) is 16.2. The number of carboxylic acid groups (broad SMARTS) is 1. The van der Waals surface area contributed by atoms with Gasteiger partial charge in [0, 0.05) is 17.2 Å². The number of hydrogen-bond donors (Lipinski definition) is 1. The predicted octanol–water partition coefficient (Wildman–Crippen LogP) is 5.57. The van der Waals surface area contributed by atoms with Gasteiger partial charge in [-0.05, 0) is 41.5 Å². The lowest BCUT2D eigenvalue weighted by Crippen LogP contribution is -2.01. The Bertz CT molecular complexity index is 1390. The molecule has 6 heteroatoms. The van der Waals surface area contributed by atoms with Crippen molar-refractivity contribution in [2.75, 3.05) is 0 Å². The van der Waals surface area contributed by atoms with Crippen molar-refractivity contribution in [1.82, 2.24) is 14.6 Å². The molecule has 0 amide bonds. The van der Waals surface area contributed by atoms with Crippen LogP contribution in [-0.2, 0) is 0 Å². The second-order valence-electron chi connectivity index (χ2n) is 7.08. The van der Waals surface area contributed by atoms with Crippen molar-refractivity contribution in [3.8, 4) is 33.6 Å². The molecule has 0 saturated carbocycles. The molecule has 0 spiro atoms. The summed E-state index contributed by atoms with van der Waals surface area (Å²) in [5.74, 6) is -1.46. The third-order valence-electron chi connectivity index (χ3n) is 5.07. The second-order valence-corrected chi connectivity index (χ2v) is 7.08. The van der Waals surface area contributed by atoms with E-state index in [0.29, 0.717) is 17.0 Å². The highest BCUT2D eigenvalue weighted by Gasteiger charge is 2.16. The van der Waals surface area contributed by atoms with E-state index in [1.807, 2.05) is 60.7 Å². The number of nitrogens with zero attached hydrogens (tertiary/aromatic N) is 3. The second kappa shape index (κ2) is 7.50. The van der Waals surface area contributed by atoms with Gasteiger partial charge in [0.1, 0.15) is 5.82 Å². The van der Waals surface area contributed by atoms with E-state index < -0.39 is 5.97 Å². The molecule has 150 valence electrons. The number of fused-ring (bicyclic) bond motifs is 1. The Labute approximate surface area is 177 Å². The molecule has 0 fully saturated rings. The summed E-state index contributed by atoms with van der Waals surface area (Å²) in [5.41, 5.74) is 5.36. The Morgan fingerprint density at radius 2 is 1.39 bits per heavy atom. The van der Waals surface area contributed by atoms with Crippen LogP contribution in [0.2, 0.25) is 0 Å². The standard InChI is InChI=1S/C25H16FN3O2/c26-20-12-10-18(11-13-20)21-14-23(29-24(27-21)15-22(28-29)25(30)31)19-8-6-17(7-9-19)16-4-2-1-3-5-16/h1-15H,(H,30,31). The quantitative estimate of drug-likeness (QED) is 0.422. The minimum Gasteiger partial charge on any atom is -0.476 e. The van der Waals surface area contributed by atoms with Crippen LogP contribution in [0.1, 0.15) is 10.5 Å². The van der Waals surface area contributed by atoms with Crippen LogP contribution in [0.15, 0.2) is 91.0 Å². The number of hydrogen-bond acceptors (Lipinski definition) is 3. The summed E-state index contributed by atoms with van der Waals surface area (Å²) in [7, 11) is 0. The molecule has 5 rings (SSSR count). The van der Waals surface area contributed by atoms with Crippen LogP contribution in [-0.4, -0.2) is 25.7 Å². The minimum absolute atomic E-state index is 0.0917. The van der Waals surface area contributed by atoms with Gasteiger partial charge in [-0.25, -0.2) is 18.7 Å². The molecule has 5 aromatic rings. The molecular weight excluding hydrogens is 393 g/mol. The maximum atomic E-state index is 13.4. The maximum Gasteiger partial charge on any atom is 0.356 e. The monoisotopic (exact) mass is 409 g/mol. The maximum absolute atomic E-state index is 13.4. The summed E-state index contributed by atoms with van der Waals surface area (Å²) in [5, 5.41) is 13.6. The van der Waals surface area contributed by atoms with E-state index in [1.165, 1.54) is 22.7 Å². The molecule has 1 N–H and O–H groups in total. The molecule has 3 aromatic carbocycles. The fourth-order valence-electron chi connectivity index (χ4n) is 3.52. The van der Waals surface area contributed by atoms with Crippen molar-refractivity contribution in [2.24, 2.45) is 0 Å². The third kappa shape index (κ3) is 3.55. The number of benzene rings is 3. The first-order valence-electron chi connectivity index (χ1n) is 9.64. The van der Waals surface area contributed by atoms with Gasteiger partial charge in [-0.3, -0.25) is 0 Å². The molecule has 0 saturated heterocycles. The van der Waals surface area contributed by atoms with Gasteiger partial charge in [-0.15, -0.1) is 0 Å². The van der Waals surface area contributed by atoms with Gasteiger partial charge < -0.3 is 5.11 Å². The SMILES string of the molecule is O=C(O)c1cc2nc(-c3ccc(F)cc3)cc(-c3ccc(-c4ccccc4)cc3)n2n1. The summed E-state index contributed by atoms with van der Waals surface area (Å²) in [4.78, 5) is 16.0. The molecule has 2 heterocycles. The molecule has 5 nitrogen and oxygen atoms in total. The van der Waals surface area contributed by atoms with Crippen molar-refractivity contribution in [2.45, 2.75) is 0 Å². The van der Waals surface area contributed by atoms with Crippen LogP contribution >= 0.6 is 0 Å². The summed E-state index contributed by atoms with van der Waals surface area (Å²) >= 11 is 0. The smallest absolute Gasteiger partial charge is 0.356 e. The minimum atomic E-state index is -1.13. The Morgan fingerprint density at radius 1 is 0.774 bits per heavy atom. The average molecular weight is 409 g/mol. The van der Waals surface area contributed by atoms with E-state index in [2.05, 4.69) is 10.1 Å². The number of carboxylic acids is 1. The van der Waals surface area contributed by atoms with Crippen LogP contribution in [0.5, 0.6) is 0 Å². The van der Waals surface area contributed by atoms with E-state index in [1.54, 1.807) is 12.1 Å². The van der Waals surface area contributed by atoms with Gasteiger partial charge in [0.15, 0.2) is 11.3 Å². The summed E-state index contributed by atoms with van der Waals surface area (Å²) < 4.78 is 14.9. The van der Waals surface area contributed by atoms with Crippen molar-refractivity contribution in [3.05, 3.63) is 103 Å². The van der Waals surface area contributed by atoms with E-state index >= 15 is 0 Å². The lowest BCUT2D eigenvalue weighted by molar-refractivity contribution is 0.0690. The first kappa shape index (κ1) is 18.7. The average Bonchev–Trinajstić information content (AvgIpc) is 3.24. The van der Waals surface area contributed by atoms with Crippen LogP contribution in [0.25, 0.3) is 39.3 Å². The van der Waals surface area contributed by atoms with Crippen LogP contribution in [0.3, 0.4) is 0 Å². The fourth-order valence-corrected chi connectivity index (χ4v) is 3.52. The van der Waals surface area contributed by atoms with Crippen molar-refractivity contribution < 1.29 is 14.3 Å². The first-order chi connectivity index (χ1) is 15.1. The van der Waals surface area contributed by atoms with Crippen LogP contribution in [0.4, 0.5) is 4.39 Å². The van der Waals surface area contributed by atoms with Crippen LogP contribution in [0, 0.1) is 5.82 Å².